The van der Waals surface area contributed by atoms with Crippen molar-refractivity contribution in [2.24, 2.45) is 0 Å². The Bertz CT molecular complexity index is 371. The van der Waals surface area contributed by atoms with Gasteiger partial charge in [-0.1, -0.05) is 0 Å². The first-order chi connectivity index (χ1) is 6.49. The Morgan fingerprint density at radius 3 is 2.29 bits per heavy atom. The quantitative estimate of drug-likeness (QED) is 0.374. The molecule has 1 aromatic rings. The van der Waals surface area contributed by atoms with E-state index in [0.717, 1.165) is 0 Å². The molecule has 0 saturated heterocycles. The van der Waals surface area contributed by atoms with Crippen LogP contribution < -0.4 is 0 Å². The molecular formula is C10H11F3N+. The average Bonchev–Trinajstić information content (AvgIpc) is 2.15. The summed E-state index contributed by atoms with van der Waals surface area (Å²) in [4.78, 5) is 0. The zero-order chi connectivity index (χ0) is 10.9. The molecule has 0 spiro atoms. The van der Waals surface area contributed by atoms with Crippen molar-refractivity contribution in [3.05, 3.63) is 29.1 Å². The van der Waals surface area contributed by atoms with Crippen LogP contribution in [0.25, 0.3) is 0 Å². The molecule has 0 unspecified atom stereocenters. The van der Waals surface area contributed by atoms with Crippen LogP contribution in [0, 0.1) is 24.4 Å². The summed E-state index contributed by atoms with van der Waals surface area (Å²) in [6, 6.07) is 0.553. The first-order valence-electron chi connectivity index (χ1n) is 4.15. The molecule has 0 heterocycles. The summed E-state index contributed by atoms with van der Waals surface area (Å²) < 4.78 is 40.6. The fourth-order valence-electron chi connectivity index (χ4n) is 1.22. The number of hydrogen-bond donors (Lipinski definition) is 0. The van der Waals surface area contributed by atoms with Gasteiger partial charge in [0.1, 0.15) is 19.1 Å². The highest BCUT2D eigenvalue weighted by atomic mass is 19.2. The number of benzene rings is 1. The number of hydrogen-bond acceptors (Lipinski definition) is 0. The van der Waals surface area contributed by atoms with Gasteiger partial charge in [-0.2, -0.15) is 4.39 Å². The van der Waals surface area contributed by atoms with Crippen LogP contribution in [0.15, 0.2) is 6.07 Å². The predicted octanol–water partition coefficient (Wildman–Crippen LogP) is 2.78. The van der Waals surface area contributed by atoms with Crippen LogP contribution in [0.5, 0.6) is 0 Å². The second-order valence-corrected chi connectivity index (χ2v) is 3.00. The van der Waals surface area contributed by atoms with Crippen molar-refractivity contribution in [2.45, 2.75) is 13.8 Å². The van der Waals surface area contributed by atoms with Gasteiger partial charge in [0, 0.05) is 13.0 Å². The lowest BCUT2D eigenvalue weighted by Crippen LogP contribution is -2.05. The molecule has 4 heteroatoms. The van der Waals surface area contributed by atoms with Crippen molar-refractivity contribution in [1.29, 1.82) is 0 Å². The molecule has 0 bridgehead atoms. The van der Waals surface area contributed by atoms with Crippen LogP contribution in [-0.2, 0) is 0 Å². The van der Waals surface area contributed by atoms with E-state index in [0.29, 0.717) is 6.07 Å². The molecule has 0 amide bonds. The topological polar surface area (TPSA) is 3.01 Å². The molecule has 0 aliphatic rings. The van der Waals surface area contributed by atoms with Crippen molar-refractivity contribution in [3.63, 3.8) is 0 Å². The Morgan fingerprint density at radius 1 is 1.21 bits per heavy atom. The smallest absolute Gasteiger partial charge is 0.206 e. The third-order valence-corrected chi connectivity index (χ3v) is 2.12. The van der Waals surface area contributed by atoms with E-state index in [1.807, 2.05) is 0 Å². The molecule has 1 aromatic carbocycles. The van der Waals surface area contributed by atoms with Gasteiger partial charge in [-0.25, -0.2) is 13.4 Å². The van der Waals surface area contributed by atoms with Crippen LogP contribution in [0.4, 0.5) is 18.9 Å². The van der Waals surface area contributed by atoms with Gasteiger partial charge in [0.25, 0.3) is 0 Å². The molecule has 1 nitrogen and oxygen atoms in total. The SMILES string of the molecule is CC=[N+](C)c1c(C)c(F)cc(F)c1F. The molecule has 1 rings (SSSR count). The third-order valence-electron chi connectivity index (χ3n) is 2.12. The van der Waals surface area contributed by atoms with Crippen LogP contribution >= 0.6 is 0 Å². The van der Waals surface area contributed by atoms with E-state index in [4.69, 9.17) is 0 Å². The summed E-state index contributed by atoms with van der Waals surface area (Å²) in [5.74, 6) is -2.94. The molecule has 0 aliphatic carbocycles. The lowest BCUT2D eigenvalue weighted by atomic mass is 10.1. The maximum absolute atomic E-state index is 13.3. The average molecular weight is 202 g/mol. The van der Waals surface area contributed by atoms with Gasteiger partial charge in [-0.05, 0) is 6.92 Å². The minimum Gasteiger partial charge on any atom is -0.206 e. The van der Waals surface area contributed by atoms with E-state index in [1.165, 1.54) is 24.8 Å². The molecule has 0 atom stereocenters. The maximum Gasteiger partial charge on any atom is 0.249 e. The van der Waals surface area contributed by atoms with Crippen LogP contribution in [-0.4, -0.2) is 17.8 Å². The van der Waals surface area contributed by atoms with Crippen LogP contribution in [0.1, 0.15) is 12.5 Å². The van der Waals surface area contributed by atoms with Gasteiger partial charge in [-0.15, -0.1) is 0 Å². The lowest BCUT2D eigenvalue weighted by Gasteiger charge is -2.03. The van der Waals surface area contributed by atoms with Gasteiger partial charge < -0.3 is 0 Å². The molecule has 0 N–H and O–H groups in total. The van der Waals surface area contributed by atoms with Crippen molar-refractivity contribution >= 4 is 11.9 Å². The Kier molecular flexibility index (Phi) is 2.93. The Balaban J connectivity index is 3.55. The highest BCUT2D eigenvalue weighted by Crippen LogP contribution is 2.26. The summed E-state index contributed by atoms with van der Waals surface area (Å²) in [6.07, 6.45) is 1.53. The molecule has 0 aromatic heterocycles. The highest BCUT2D eigenvalue weighted by Gasteiger charge is 2.22. The zero-order valence-electron chi connectivity index (χ0n) is 8.24. The largest absolute Gasteiger partial charge is 0.249 e. The third kappa shape index (κ3) is 1.64. The Morgan fingerprint density at radius 2 is 1.79 bits per heavy atom. The number of nitrogens with zero attached hydrogens (tertiary/aromatic N) is 1. The Hall–Kier alpha value is -1.32. The van der Waals surface area contributed by atoms with Crippen molar-refractivity contribution in [1.82, 2.24) is 0 Å². The predicted molar refractivity (Wildman–Crippen MR) is 48.6 cm³/mol. The molecule has 0 saturated carbocycles. The molecule has 0 fully saturated rings. The van der Waals surface area contributed by atoms with Gasteiger partial charge in [0.05, 0.1) is 5.56 Å². The zero-order valence-corrected chi connectivity index (χ0v) is 8.24. The summed E-state index contributed by atoms with van der Waals surface area (Å²) in [7, 11) is 1.53. The van der Waals surface area contributed by atoms with E-state index in [9.17, 15) is 13.2 Å². The minimum absolute atomic E-state index is 0.0648. The second-order valence-electron chi connectivity index (χ2n) is 3.00. The number of halogens is 3. The monoisotopic (exact) mass is 202 g/mol. The van der Waals surface area contributed by atoms with Crippen molar-refractivity contribution in [3.8, 4) is 0 Å². The molecule has 14 heavy (non-hydrogen) atoms. The summed E-state index contributed by atoms with van der Waals surface area (Å²) in [5, 5.41) is 0. The van der Waals surface area contributed by atoms with E-state index in [1.54, 1.807) is 6.92 Å². The molecule has 76 valence electrons. The van der Waals surface area contributed by atoms with Gasteiger partial charge >= 0.3 is 0 Å². The standard InChI is InChI=1S/C10H11F3N/c1-4-14(3)10-6(2)7(11)5-8(12)9(10)13/h4-5H,1-3H3/q+1. The molecule has 0 radical (unpaired) electrons. The maximum atomic E-state index is 13.3. The van der Waals surface area contributed by atoms with E-state index >= 15 is 0 Å². The normalized spacial score (nSPS) is 12.0. The first kappa shape index (κ1) is 10.8. The number of rotatable bonds is 1. The van der Waals surface area contributed by atoms with Gasteiger partial charge in [0.15, 0.2) is 5.82 Å². The van der Waals surface area contributed by atoms with Gasteiger partial charge in [0.2, 0.25) is 11.5 Å². The van der Waals surface area contributed by atoms with E-state index < -0.39 is 17.5 Å². The highest BCUT2D eigenvalue weighted by molar-refractivity contribution is 5.52. The van der Waals surface area contributed by atoms with E-state index in [2.05, 4.69) is 0 Å². The lowest BCUT2D eigenvalue weighted by molar-refractivity contribution is -0.403. The van der Waals surface area contributed by atoms with Crippen molar-refractivity contribution < 1.29 is 17.7 Å². The minimum atomic E-state index is -1.17. The summed E-state index contributed by atoms with van der Waals surface area (Å²) >= 11 is 0. The van der Waals surface area contributed by atoms with Crippen molar-refractivity contribution in [2.75, 3.05) is 7.05 Å². The van der Waals surface area contributed by atoms with E-state index in [-0.39, 0.29) is 11.3 Å². The molecule has 0 aliphatic heterocycles. The summed E-state index contributed by atoms with van der Waals surface area (Å²) in [6.45, 7) is 3.06. The van der Waals surface area contributed by atoms with Crippen LogP contribution in [0.3, 0.4) is 0 Å². The fraction of sp³-hybridized carbons (Fsp3) is 0.300. The summed E-state index contributed by atoms with van der Waals surface area (Å²) in [5.41, 5.74) is 0.0366. The second kappa shape index (κ2) is 3.82. The van der Waals surface area contributed by atoms with Gasteiger partial charge in [-0.3, -0.25) is 0 Å². The first-order valence-corrected chi connectivity index (χ1v) is 4.15. The Labute approximate surface area is 80.5 Å². The molecular weight excluding hydrogens is 191 g/mol. The fourth-order valence-corrected chi connectivity index (χ4v) is 1.22. The van der Waals surface area contributed by atoms with Crippen LogP contribution in [0.2, 0.25) is 0 Å².